The van der Waals surface area contributed by atoms with Gasteiger partial charge in [-0.05, 0) is 43.3 Å². The molecule has 0 N–H and O–H groups in total. The molecule has 4 rings (SSSR count). The van der Waals surface area contributed by atoms with Gasteiger partial charge in [0.2, 0.25) is 11.2 Å². The highest BCUT2D eigenvalue weighted by atomic mass is 79.9. The summed E-state index contributed by atoms with van der Waals surface area (Å²) in [7, 11) is 0. The van der Waals surface area contributed by atoms with Gasteiger partial charge in [-0.15, -0.1) is 0 Å². The van der Waals surface area contributed by atoms with Crippen molar-refractivity contribution >= 4 is 38.3 Å². The van der Waals surface area contributed by atoms with E-state index in [0.29, 0.717) is 5.75 Å². The van der Waals surface area contributed by atoms with Crippen LogP contribution >= 0.6 is 15.9 Å². The third-order valence-corrected chi connectivity index (χ3v) is 5.54. The van der Waals surface area contributed by atoms with Crippen LogP contribution in [0.1, 0.15) is 11.3 Å². The van der Waals surface area contributed by atoms with Crippen LogP contribution in [0.25, 0.3) is 11.0 Å². The minimum absolute atomic E-state index is 0.0291. The number of hydrogen-bond donors (Lipinski definition) is 0. The van der Waals surface area contributed by atoms with Gasteiger partial charge in [-0.1, -0.05) is 15.9 Å². The summed E-state index contributed by atoms with van der Waals surface area (Å²) in [5.41, 5.74) is -4.73. The number of nitrogens with zero attached hydrogens (tertiary/aromatic N) is 2. The Kier molecular flexibility index (Phi) is 6.61. The zero-order valence-corrected chi connectivity index (χ0v) is 20.0. The van der Waals surface area contributed by atoms with Crippen LogP contribution in [0.4, 0.5) is 24.5 Å². The number of nitro benzene ring substituents is 2. The topological polar surface area (TPSA) is 135 Å². The number of halogens is 4. The molecule has 14 heteroatoms. The summed E-state index contributed by atoms with van der Waals surface area (Å²) >= 11 is 3.29. The molecular formula is C23H12BrF3N2O8. The number of alkyl halides is 3. The predicted molar refractivity (Wildman–Crippen MR) is 126 cm³/mol. The minimum atomic E-state index is -5.08. The first-order chi connectivity index (χ1) is 17.3. The Balaban J connectivity index is 1.78. The number of fused-ring (bicyclic) bond motifs is 1. The van der Waals surface area contributed by atoms with Gasteiger partial charge >= 0.3 is 17.6 Å². The molecule has 190 valence electrons. The normalized spacial score (nSPS) is 11.4. The summed E-state index contributed by atoms with van der Waals surface area (Å²) in [5, 5.41) is 22.9. The number of ether oxygens (including phenoxy) is 2. The van der Waals surface area contributed by atoms with E-state index in [1.807, 2.05) is 0 Å². The quantitative estimate of drug-likeness (QED) is 0.171. The van der Waals surface area contributed by atoms with E-state index < -0.39 is 44.1 Å². The van der Waals surface area contributed by atoms with E-state index in [2.05, 4.69) is 15.9 Å². The van der Waals surface area contributed by atoms with E-state index in [1.165, 1.54) is 13.0 Å². The first-order valence-electron chi connectivity index (χ1n) is 10.1. The summed E-state index contributed by atoms with van der Waals surface area (Å²) in [5.74, 6) is -0.944. The third-order valence-electron chi connectivity index (χ3n) is 5.01. The second-order valence-electron chi connectivity index (χ2n) is 7.49. The van der Waals surface area contributed by atoms with Gasteiger partial charge in [-0.25, -0.2) is 0 Å². The highest BCUT2D eigenvalue weighted by Gasteiger charge is 2.38. The third kappa shape index (κ3) is 5.23. The van der Waals surface area contributed by atoms with E-state index in [-0.39, 0.29) is 40.4 Å². The van der Waals surface area contributed by atoms with Gasteiger partial charge in [0.05, 0.1) is 20.8 Å². The molecule has 0 aliphatic heterocycles. The molecule has 1 heterocycles. The van der Waals surface area contributed by atoms with Crippen LogP contribution in [0, 0.1) is 27.2 Å². The Morgan fingerprint density at radius 3 is 1.95 bits per heavy atom. The van der Waals surface area contributed by atoms with E-state index in [0.717, 1.165) is 16.6 Å². The maximum Gasteiger partial charge on any atom is 0.416 e. The largest absolute Gasteiger partial charge is 0.457 e. The van der Waals surface area contributed by atoms with Crippen molar-refractivity contribution in [3.63, 3.8) is 0 Å². The van der Waals surface area contributed by atoms with Crippen molar-refractivity contribution in [3.8, 4) is 23.0 Å². The number of benzene rings is 3. The van der Waals surface area contributed by atoms with Crippen molar-refractivity contribution in [3.05, 3.63) is 101 Å². The average molecular weight is 581 g/mol. The van der Waals surface area contributed by atoms with Crippen LogP contribution in [0.3, 0.4) is 0 Å². The molecular weight excluding hydrogens is 569 g/mol. The van der Waals surface area contributed by atoms with Crippen molar-refractivity contribution in [2.75, 3.05) is 0 Å². The lowest BCUT2D eigenvalue weighted by molar-refractivity contribution is -0.396. The lowest BCUT2D eigenvalue weighted by atomic mass is 10.1. The monoisotopic (exact) mass is 580 g/mol. The Morgan fingerprint density at radius 1 is 0.865 bits per heavy atom. The van der Waals surface area contributed by atoms with Crippen LogP contribution in [-0.4, -0.2) is 9.85 Å². The Hall–Kier alpha value is -4.46. The fraction of sp³-hybridized carbons (Fsp3) is 0.0870. The fourth-order valence-corrected chi connectivity index (χ4v) is 3.59. The average Bonchev–Trinajstić information content (AvgIpc) is 2.81. The maximum absolute atomic E-state index is 13.1. The smallest absolute Gasteiger partial charge is 0.416 e. The lowest BCUT2D eigenvalue weighted by Crippen LogP contribution is -2.08. The number of aryl methyl sites for hydroxylation is 1. The lowest BCUT2D eigenvalue weighted by Gasteiger charge is -2.12. The first kappa shape index (κ1) is 25.6. The molecule has 0 aliphatic carbocycles. The van der Waals surface area contributed by atoms with Crippen molar-refractivity contribution < 1.29 is 36.9 Å². The summed E-state index contributed by atoms with van der Waals surface area (Å²) in [6, 6.07) is 10.4. The summed E-state index contributed by atoms with van der Waals surface area (Å²) in [6.07, 6.45) is -5.08. The summed E-state index contributed by atoms with van der Waals surface area (Å²) in [4.78, 5) is 33.4. The molecule has 4 aromatic rings. The fourth-order valence-electron chi connectivity index (χ4n) is 3.33. The van der Waals surface area contributed by atoms with Crippen molar-refractivity contribution in [1.82, 2.24) is 0 Å². The SMILES string of the molecule is Cc1oc2cc(Oc3c([N+](=O)[O-])cc(C(F)(F)F)cc3[N+](=O)[O-])ccc2c(=O)c1Oc1ccc(Br)cc1. The van der Waals surface area contributed by atoms with Crippen LogP contribution in [0.15, 0.2) is 68.3 Å². The van der Waals surface area contributed by atoms with Gasteiger partial charge in [0.1, 0.15) is 22.8 Å². The van der Waals surface area contributed by atoms with Crippen LogP contribution in [-0.2, 0) is 6.18 Å². The molecule has 0 fully saturated rings. The molecule has 3 aromatic carbocycles. The van der Waals surface area contributed by atoms with Gasteiger partial charge in [0, 0.05) is 22.7 Å². The molecule has 0 radical (unpaired) electrons. The van der Waals surface area contributed by atoms with Gasteiger partial charge in [0.15, 0.2) is 0 Å². The molecule has 0 bridgehead atoms. The van der Waals surface area contributed by atoms with E-state index in [4.69, 9.17) is 13.9 Å². The highest BCUT2D eigenvalue weighted by Crippen LogP contribution is 2.44. The van der Waals surface area contributed by atoms with Crippen LogP contribution < -0.4 is 14.9 Å². The second-order valence-corrected chi connectivity index (χ2v) is 8.40. The molecule has 10 nitrogen and oxygen atoms in total. The molecule has 1 aromatic heterocycles. The maximum atomic E-state index is 13.1. The number of hydrogen-bond acceptors (Lipinski definition) is 8. The van der Waals surface area contributed by atoms with E-state index >= 15 is 0 Å². The second kappa shape index (κ2) is 9.54. The molecule has 0 saturated carbocycles. The Morgan fingerprint density at radius 2 is 1.41 bits per heavy atom. The summed E-state index contributed by atoms with van der Waals surface area (Å²) in [6.45, 7) is 1.45. The van der Waals surface area contributed by atoms with Gasteiger partial charge in [-0.3, -0.25) is 25.0 Å². The van der Waals surface area contributed by atoms with Crippen LogP contribution in [0.2, 0.25) is 0 Å². The molecule has 0 atom stereocenters. The number of nitro groups is 2. The van der Waals surface area contributed by atoms with E-state index in [9.17, 15) is 38.2 Å². The Labute approximate surface area is 212 Å². The van der Waals surface area contributed by atoms with Crippen LogP contribution in [0.5, 0.6) is 23.0 Å². The molecule has 0 amide bonds. The van der Waals surface area contributed by atoms with E-state index in [1.54, 1.807) is 24.3 Å². The van der Waals surface area contributed by atoms with Crippen molar-refractivity contribution in [1.29, 1.82) is 0 Å². The molecule has 0 spiro atoms. The van der Waals surface area contributed by atoms with Gasteiger partial charge in [-0.2, -0.15) is 13.2 Å². The van der Waals surface area contributed by atoms with Gasteiger partial charge in [0.25, 0.3) is 5.75 Å². The molecule has 0 unspecified atom stereocenters. The molecule has 0 saturated heterocycles. The van der Waals surface area contributed by atoms with Gasteiger partial charge < -0.3 is 13.9 Å². The zero-order valence-electron chi connectivity index (χ0n) is 18.4. The van der Waals surface area contributed by atoms with Crippen molar-refractivity contribution in [2.45, 2.75) is 13.1 Å². The molecule has 37 heavy (non-hydrogen) atoms. The summed E-state index contributed by atoms with van der Waals surface area (Å²) < 4.78 is 56.8. The Bertz CT molecular complexity index is 1580. The zero-order chi connectivity index (χ0) is 27.1. The minimum Gasteiger partial charge on any atom is -0.457 e. The number of rotatable bonds is 6. The standard InChI is InChI=1S/C23H12BrF3N2O8/c1-11-21(36-14-4-2-13(24)3-5-14)20(30)16-7-6-15(10-19(16)35-11)37-22-17(28(31)32)8-12(23(25,26)27)9-18(22)29(33)34/h2-10H,1H3. The molecule has 0 aliphatic rings. The predicted octanol–water partition coefficient (Wildman–Crippen LogP) is 7.28. The van der Waals surface area contributed by atoms with Crippen molar-refractivity contribution in [2.24, 2.45) is 0 Å². The first-order valence-corrected chi connectivity index (χ1v) is 10.9. The highest BCUT2D eigenvalue weighted by molar-refractivity contribution is 9.10.